The summed E-state index contributed by atoms with van der Waals surface area (Å²) in [5.41, 5.74) is 0. The Balaban J connectivity index is 2.08. The van der Waals surface area contributed by atoms with Crippen LogP contribution in [0.5, 0.6) is 0 Å². The van der Waals surface area contributed by atoms with Crippen molar-refractivity contribution in [1.82, 2.24) is 4.90 Å². The van der Waals surface area contributed by atoms with Gasteiger partial charge in [0.1, 0.15) is 0 Å². The van der Waals surface area contributed by atoms with Crippen molar-refractivity contribution in [2.45, 2.75) is 46.0 Å². The zero-order valence-corrected chi connectivity index (χ0v) is 11.1. The molecule has 1 fully saturated rings. The van der Waals surface area contributed by atoms with E-state index in [0.29, 0.717) is 0 Å². The van der Waals surface area contributed by atoms with Gasteiger partial charge in [-0.05, 0) is 50.6 Å². The van der Waals surface area contributed by atoms with E-state index >= 15 is 0 Å². The SMILES string of the molecule is CCCC1CCN(CCC(C)CCCl)C1. The summed E-state index contributed by atoms with van der Waals surface area (Å²) in [6.45, 7) is 8.59. The molecule has 0 bridgehead atoms. The molecule has 0 spiro atoms. The Morgan fingerprint density at radius 2 is 2.20 bits per heavy atom. The molecule has 2 atom stereocenters. The minimum atomic E-state index is 0.799. The van der Waals surface area contributed by atoms with Crippen LogP contribution in [-0.4, -0.2) is 30.4 Å². The Bertz CT molecular complexity index is 161. The maximum atomic E-state index is 5.74. The van der Waals surface area contributed by atoms with Crippen molar-refractivity contribution in [3.8, 4) is 0 Å². The average Bonchev–Trinajstić information content (AvgIpc) is 2.64. The maximum absolute atomic E-state index is 5.74. The summed E-state index contributed by atoms with van der Waals surface area (Å²) in [6, 6.07) is 0. The summed E-state index contributed by atoms with van der Waals surface area (Å²) in [5, 5.41) is 0. The Labute approximate surface area is 100 Å². The second-order valence-electron chi connectivity index (χ2n) is 5.12. The van der Waals surface area contributed by atoms with Gasteiger partial charge in [-0.15, -0.1) is 11.6 Å². The molecule has 0 amide bonds. The number of hydrogen-bond donors (Lipinski definition) is 0. The van der Waals surface area contributed by atoms with Gasteiger partial charge in [-0.2, -0.15) is 0 Å². The molecule has 0 aromatic rings. The number of nitrogens with zero attached hydrogens (tertiary/aromatic N) is 1. The number of hydrogen-bond acceptors (Lipinski definition) is 1. The van der Waals surface area contributed by atoms with Gasteiger partial charge >= 0.3 is 0 Å². The van der Waals surface area contributed by atoms with Crippen molar-refractivity contribution < 1.29 is 0 Å². The zero-order valence-electron chi connectivity index (χ0n) is 10.3. The van der Waals surface area contributed by atoms with Gasteiger partial charge in [-0.3, -0.25) is 0 Å². The topological polar surface area (TPSA) is 3.24 Å². The van der Waals surface area contributed by atoms with Crippen molar-refractivity contribution in [2.24, 2.45) is 11.8 Å². The normalized spacial score (nSPS) is 24.6. The maximum Gasteiger partial charge on any atom is 0.0225 e. The summed E-state index contributed by atoms with van der Waals surface area (Å²) in [4.78, 5) is 2.64. The molecule has 2 unspecified atom stereocenters. The Morgan fingerprint density at radius 3 is 2.87 bits per heavy atom. The molecule has 0 radical (unpaired) electrons. The van der Waals surface area contributed by atoms with E-state index in [9.17, 15) is 0 Å². The third-order valence-electron chi connectivity index (χ3n) is 3.61. The lowest BCUT2D eigenvalue weighted by molar-refractivity contribution is 0.292. The van der Waals surface area contributed by atoms with Gasteiger partial charge in [0.2, 0.25) is 0 Å². The molecule has 0 aromatic heterocycles. The second kappa shape index (κ2) is 7.51. The summed E-state index contributed by atoms with van der Waals surface area (Å²) < 4.78 is 0. The third kappa shape index (κ3) is 5.21. The van der Waals surface area contributed by atoms with Gasteiger partial charge < -0.3 is 4.90 Å². The monoisotopic (exact) mass is 231 g/mol. The molecule has 1 aliphatic rings. The minimum Gasteiger partial charge on any atom is -0.303 e. The first kappa shape index (κ1) is 13.3. The molecule has 2 heteroatoms. The van der Waals surface area contributed by atoms with E-state index in [-0.39, 0.29) is 0 Å². The summed E-state index contributed by atoms with van der Waals surface area (Å²) in [7, 11) is 0. The third-order valence-corrected chi connectivity index (χ3v) is 3.83. The summed E-state index contributed by atoms with van der Waals surface area (Å²) >= 11 is 5.74. The lowest BCUT2D eigenvalue weighted by Gasteiger charge is -2.18. The number of rotatable bonds is 7. The molecule has 90 valence electrons. The molecule has 1 aliphatic heterocycles. The van der Waals surface area contributed by atoms with Gasteiger partial charge in [0, 0.05) is 12.4 Å². The average molecular weight is 232 g/mol. The fourth-order valence-electron chi connectivity index (χ4n) is 2.49. The van der Waals surface area contributed by atoms with Gasteiger partial charge in [-0.25, -0.2) is 0 Å². The van der Waals surface area contributed by atoms with Crippen molar-refractivity contribution >= 4 is 11.6 Å². The fourth-order valence-corrected chi connectivity index (χ4v) is 2.87. The van der Waals surface area contributed by atoms with E-state index in [0.717, 1.165) is 17.7 Å². The Morgan fingerprint density at radius 1 is 1.40 bits per heavy atom. The van der Waals surface area contributed by atoms with Gasteiger partial charge in [-0.1, -0.05) is 20.3 Å². The molecule has 1 rings (SSSR count). The number of halogens is 1. The van der Waals surface area contributed by atoms with Crippen LogP contribution in [0.3, 0.4) is 0 Å². The highest BCUT2D eigenvalue weighted by Gasteiger charge is 2.21. The van der Waals surface area contributed by atoms with Gasteiger partial charge in [0.05, 0.1) is 0 Å². The molecule has 15 heavy (non-hydrogen) atoms. The largest absolute Gasteiger partial charge is 0.303 e. The molecule has 0 aliphatic carbocycles. The van der Waals surface area contributed by atoms with Crippen LogP contribution in [0.4, 0.5) is 0 Å². The molecule has 1 saturated heterocycles. The number of alkyl halides is 1. The van der Waals surface area contributed by atoms with E-state index < -0.39 is 0 Å². The van der Waals surface area contributed by atoms with Crippen molar-refractivity contribution in [3.05, 3.63) is 0 Å². The lowest BCUT2D eigenvalue weighted by Crippen LogP contribution is -2.23. The molecule has 0 saturated carbocycles. The second-order valence-corrected chi connectivity index (χ2v) is 5.49. The number of likely N-dealkylation sites (tertiary alicyclic amines) is 1. The fraction of sp³-hybridized carbons (Fsp3) is 1.00. The van der Waals surface area contributed by atoms with E-state index in [1.165, 1.54) is 51.7 Å². The van der Waals surface area contributed by atoms with Crippen LogP contribution in [0, 0.1) is 11.8 Å². The molecular weight excluding hydrogens is 206 g/mol. The first-order chi connectivity index (χ1) is 7.26. The molecule has 1 heterocycles. The predicted molar refractivity (Wildman–Crippen MR) is 68.6 cm³/mol. The molecular formula is C13H26ClN. The Hall–Kier alpha value is 0.250. The lowest BCUT2D eigenvalue weighted by atomic mass is 10.0. The minimum absolute atomic E-state index is 0.799. The van der Waals surface area contributed by atoms with Crippen LogP contribution in [0.15, 0.2) is 0 Å². The summed E-state index contributed by atoms with van der Waals surface area (Å²) in [6.07, 6.45) is 6.70. The van der Waals surface area contributed by atoms with Crippen LogP contribution < -0.4 is 0 Å². The predicted octanol–water partition coefficient (Wildman–Crippen LogP) is 3.76. The van der Waals surface area contributed by atoms with Gasteiger partial charge in [0.25, 0.3) is 0 Å². The van der Waals surface area contributed by atoms with Gasteiger partial charge in [0.15, 0.2) is 0 Å². The van der Waals surface area contributed by atoms with E-state index in [1.54, 1.807) is 0 Å². The highest BCUT2D eigenvalue weighted by molar-refractivity contribution is 6.17. The van der Waals surface area contributed by atoms with E-state index in [2.05, 4.69) is 18.7 Å². The van der Waals surface area contributed by atoms with Crippen LogP contribution >= 0.6 is 11.6 Å². The first-order valence-corrected chi connectivity index (χ1v) is 7.08. The first-order valence-electron chi connectivity index (χ1n) is 6.54. The standard InChI is InChI=1S/C13H26ClN/c1-3-4-13-7-10-15(11-13)9-6-12(2)5-8-14/h12-13H,3-11H2,1-2H3. The van der Waals surface area contributed by atoms with Crippen LogP contribution in [0.25, 0.3) is 0 Å². The van der Waals surface area contributed by atoms with Crippen molar-refractivity contribution in [3.63, 3.8) is 0 Å². The molecule has 0 N–H and O–H groups in total. The Kier molecular flexibility index (Phi) is 6.67. The highest BCUT2D eigenvalue weighted by Crippen LogP contribution is 2.21. The summed E-state index contributed by atoms with van der Waals surface area (Å²) in [5.74, 6) is 2.60. The van der Waals surface area contributed by atoms with Crippen LogP contribution in [0.2, 0.25) is 0 Å². The zero-order chi connectivity index (χ0) is 11.1. The smallest absolute Gasteiger partial charge is 0.0225 e. The van der Waals surface area contributed by atoms with Crippen LogP contribution in [0.1, 0.15) is 46.0 Å². The van der Waals surface area contributed by atoms with Crippen molar-refractivity contribution in [2.75, 3.05) is 25.5 Å². The quantitative estimate of drug-likeness (QED) is 0.603. The molecule has 1 nitrogen and oxygen atoms in total. The van der Waals surface area contributed by atoms with Crippen LogP contribution in [-0.2, 0) is 0 Å². The van der Waals surface area contributed by atoms with E-state index in [1.807, 2.05) is 0 Å². The highest BCUT2D eigenvalue weighted by atomic mass is 35.5. The van der Waals surface area contributed by atoms with Crippen molar-refractivity contribution in [1.29, 1.82) is 0 Å². The van der Waals surface area contributed by atoms with E-state index in [4.69, 9.17) is 11.6 Å². The molecule has 0 aromatic carbocycles.